The van der Waals surface area contributed by atoms with Gasteiger partial charge in [-0.25, -0.2) is 0 Å². The molecule has 114 valence electrons. The fourth-order valence-electron chi connectivity index (χ4n) is 2.31. The number of rotatable bonds is 13. The van der Waals surface area contributed by atoms with Crippen LogP contribution in [0.1, 0.15) is 105 Å². The van der Waals surface area contributed by atoms with Crippen molar-refractivity contribution in [1.82, 2.24) is 0 Å². The SMILES string of the molecule is CCCCCCCCCCCCC(=O)C(C)(C)CC. The summed E-state index contributed by atoms with van der Waals surface area (Å²) in [5, 5.41) is 0. The molecular weight excluding hydrogens is 232 g/mol. The van der Waals surface area contributed by atoms with E-state index in [-0.39, 0.29) is 5.41 Å². The van der Waals surface area contributed by atoms with E-state index in [9.17, 15) is 4.79 Å². The van der Waals surface area contributed by atoms with Crippen molar-refractivity contribution in [2.75, 3.05) is 0 Å². The fourth-order valence-corrected chi connectivity index (χ4v) is 2.31. The maximum atomic E-state index is 11.9. The largest absolute Gasteiger partial charge is 0.299 e. The van der Waals surface area contributed by atoms with Crippen molar-refractivity contribution in [1.29, 1.82) is 0 Å². The molecule has 0 heterocycles. The molecule has 19 heavy (non-hydrogen) atoms. The predicted octanol–water partition coefficient (Wildman–Crippen LogP) is 6.30. The molecule has 0 aliphatic carbocycles. The molecule has 0 aromatic rings. The van der Waals surface area contributed by atoms with Gasteiger partial charge in [-0.15, -0.1) is 0 Å². The summed E-state index contributed by atoms with van der Waals surface area (Å²) < 4.78 is 0. The second-order valence-electron chi connectivity index (χ2n) is 6.59. The molecule has 1 nitrogen and oxygen atoms in total. The molecule has 0 saturated heterocycles. The van der Waals surface area contributed by atoms with Crippen molar-refractivity contribution in [3.05, 3.63) is 0 Å². The number of carbonyl (C=O) groups excluding carboxylic acids is 1. The molecule has 0 bridgehead atoms. The summed E-state index contributed by atoms with van der Waals surface area (Å²) in [6.07, 6.45) is 15.1. The minimum absolute atomic E-state index is 0.0979. The summed E-state index contributed by atoms with van der Waals surface area (Å²) in [5.74, 6) is 0.453. The Bertz CT molecular complexity index is 218. The van der Waals surface area contributed by atoms with Crippen molar-refractivity contribution >= 4 is 5.78 Å². The molecule has 0 N–H and O–H groups in total. The highest BCUT2D eigenvalue weighted by Crippen LogP contribution is 2.24. The number of hydrogen-bond donors (Lipinski definition) is 0. The number of unbranched alkanes of at least 4 members (excludes halogenated alkanes) is 9. The molecule has 0 saturated carbocycles. The minimum Gasteiger partial charge on any atom is -0.299 e. The summed E-state index contributed by atoms with van der Waals surface area (Å²) in [6, 6.07) is 0. The first kappa shape index (κ1) is 18.7. The highest BCUT2D eigenvalue weighted by molar-refractivity contribution is 5.83. The van der Waals surface area contributed by atoms with Crippen LogP contribution in [0.5, 0.6) is 0 Å². The quantitative estimate of drug-likeness (QED) is 0.358. The Balaban J connectivity index is 3.30. The molecule has 0 amide bonds. The van der Waals surface area contributed by atoms with E-state index in [1.807, 2.05) is 0 Å². The Hall–Kier alpha value is -0.330. The third kappa shape index (κ3) is 10.2. The van der Waals surface area contributed by atoms with Gasteiger partial charge in [-0.1, -0.05) is 85.5 Å². The van der Waals surface area contributed by atoms with E-state index in [2.05, 4.69) is 27.7 Å². The van der Waals surface area contributed by atoms with Crippen LogP contribution in [0.3, 0.4) is 0 Å². The first-order chi connectivity index (χ1) is 9.04. The van der Waals surface area contributed by atoms with E-state index in [0.29, 0.717) is 5.78 Å². The van der Waals surface area contributed by atoms with Gasteiger partial charge in [0.25, 0.3) is 0 Å². The topological polar surface area (TPSA) is 17.1 Å². The fraction of sp³-hybridized carbons (Fsp3) is 0.944. The van der Waals surface area contributed by atoms with Crippen LogP contribution in [0.4, 0.5) is 0 Å². The highest BCUT2D eigenvalue weighted by Gasteiger charge is 2.23. The zero-order valence-electron chi connectivity index (χ0n) is 13.9. The average molecular weight is 268 g/mol. The van der Waals surface area contributed by atoms with Gasteiger partial charge in [0.2, 0.25) is 0 Å². The number of ketones is 1. The molecule has 0 atom stereocenters. The zero-order chi connectivity index (χ0) is 14.6. The Kier molecular flexibility index (Phi) is 11.3. The highest BCUT2D eigenvalue weighted by atomic mass is 16.1. The molecule has 1 heteroatoms. The van der Waals surface area contributed by atoms with Gasteiger partial charge in [0, 0.05) is 11.8 Å². The van der Waals surface area contributed by atoms with E-state index in [0.717, 1.165) is 19.3 Å². The second-order valence-corrected chi connectivity index (χ2v) is 6.59. The van der Waals surface area contributed by atoms with Gasteiger partial charge in [-0.05, 0) is 12.8 Å². The summed E-state index contributed by atoms with van der Waals surface area (Å²) in [6.45, 7) is 8.52. The maximum Gasteiger partial charge on any atom is 0.138 e. The Morgan fingerprint density at radius 2 is 1.16 bits per heavy atom. The van der Waals surface area contributed by atoms with Gasteiger partial charge >= 0.3 is 0 Å². The first-order valence-electron chi connectivity index (χ1n) is 8.58. The van der Waals surface area contributed by atoms with Crippen molar-refractivity contribution in [3.63, 3.8) is 0 Å². The summed E-state index contributed by atoms with van der Waals surface area (Å²) in [7, 11) is 0. The molecule has 0 aromatic heterocycles. The lowest BCUT2D eigenvalue weighted by atomic mass is 9.83. The molecule has 0 aliphatic rings. The third-order valence-electron chi connectivity index (χ3n) is 4.40. The van der Waals surface area contributed by atoms with Crippen LogP contribution >= 0.6 is 0 Å². The van der Waals surface area contributed by atoms with Gasteiger partial charge in [-0.2, -0.15) is 0 Å². The van der Waals surface area contributed by atoms with Crippen LogP contribution in [-0.4, -0.2) is 5.78 Å². The van der Waals surface area contributed by atoms with Gasteiger partial charge in [0.15, 0.2) is 0 Å². The first-order valence-corrected chi connectivity index (χ1v) is 8.58. The molecule has 0 fully saturated rings. The van der Waals surface area contributed by atoms with Crippen molar-refractivity contribution in [3.8, 4) is 0 Å². The molecular formula is C18H36O. The maximum absolute atomic E-state index is 11.9. The van der Waals surface area contributed by atoms with E-state index in [4.69, 9.17) is 0 Å². The number of hydrogen-bond acceptors (Lipinski definition) is 1. The molecule has 0 aliphatic heterocycles. The summed E-state index contributed by atoms with van der Waals surface area (Å²) in [5.41, 5.74) is -0.0979. The molecule has 0 rings (SSSR count). The van der Waals surface area contributed by atoms with Crippen LogP contribution in [-0.2, 0) is 4.79 Å². The third-order valence-corrected chi connectivity index (χ3v) is 4.40. The summed E-state index contributed by atoms with van der Waals surface area (Å²) in [4.78, 5) is 11.9. The standard InChI is InChI=1S/C18H36O/c1-5-7-8-9-10-11-12-13-14-15-16-17(19)18(3,4)6-2/h5-16H2,1-4H3. The molecule has 0 spiro atoms. The lowest BCUT2D eigenvalue weighted by Gasteiger charge is -2.20. The molecule has 0 aromatic carbocycles. The van der Waals surface area contributed by atoms with E-state index in [1.165, 1.54) is 57.8 Å². The Morgan fingerprint density at radius 1 is 0.737 bits per heavy atom. The van der Waals surface area contributed by atoms with Gasteiger partial charge in [0.05, 0.1) is 0 Å². The van der Waals surface area contributed by atoms with E-state index >= 15 is 0 Å². The van der Waals surface area contributed by atoms with Crippen LogP contribution in [0.15, 0.2) is 0 Å². The van der Waals surface area contributed by atoms with E-state index in [1.54, 1.807) is 0 Å². The Labute approximate surface area is 121 Å². The molecule has 0 unspecified atom stereocenters. The number of Topliss-reactive ketones (excluding diaryl/α,β-unsaturated/α-hetero) is 1. The van der Waals surface area contributed by atoms with Crippen molar-refractivity contribution < 1.29 is 4.79 Å². The van der Waals surface area contributed by atoms with Crippen LogP contribution < -0.4 is 0 Å². The normalized spacial score (nSPS) is 11.8. The van der Waals surface area contributed by atoms with Crippen LogP contribution in [0.2, 0.25) is 0 Å². The average Bonchev–Trinajstić information content (AvgIpc) is 2.40. The minimum atomic E-state index is -0.0979. The van der Waals surface area contributed by atoms with Gasteiger partial charge < -0.3 is 0 Å². The monoisotopic (exact) mass is 268 g/mol. The lowest BCUT2D eigenvalue weighted by Crippen LogP contribution is -2.22. The second kappa shape index (κ2) is 11.5. The van der Waals surface area contributed by atoms with Gasteiger partial charge in [-0.3, -0.25) is 4.79 Å². The van der Waals surface area contributed by atoms with Gasteiger partial charge in [0.1, 0.15) is 5.78 Å². The van der Waals surface area contributed by atoms with Crippen LogP contribution in [0, 0.1) is 5.41 Å². The lowest BCUT2D eigenvalue weighted by molar-refractivity contribution is -0.127. The van der Waals surface area contributed by atoms with E-state index < -0.39 is 0 Å². The summed E-state index contributed by atoms with van der Waals surface area (Å²) >= 11 is 0. The van der Waals surface area contributed by atoms with Crippen LogP contribution in [0.25, 0.3) is 0 Å². The Morgan fingerprint density at radius 3 is 1.58 bits per heavy atom. The smallest absolute Gasteiger partial charge is 0.138 e. The predicted molar refractivity (Wildman–Crippen MR) is 85.5 cm³/mol. The molecule has 0 radical (unpaired) electrons. The number of carbonyl (C=O) groups is 1. The van der Waals surface area contributed by atoms with Crippen molar-refractivity contribution in [2.24, 2.45) is 5.41 Å². The zero-order valence-corrected chi connectivity index (χ0v) is 13.9. The van der Waals surface area contributed by atoms with Crippen molar-refractivity contribution in [2.45, 2.75) is 105 Å².